The van der Waals surface area contributed by atoms with Crippen LogP contribution >= 0.6 is 0 Å². The molecule has 1 aliphatic rings. The molecule has 0 spiro atoms. The predicted octanol–water partition coefficient (Wildman–Crippen LogP) is 1.52. The topological polar surface area (TPSA) is 62.3 Å². The zero-order valence-electron chi connectivity index (χ0n) is 11.6. The van der Waals surface area contributed by atoms with Crippen molar-refractivity contribution in [3.05, 3.63) is 11.3 Å². The third-order valence-electron chi connectivity index (χ3n) is 3.43. The van der Waals surface area contributed by atoms with Crippen molar-refractivity contribution in [3.8, 4) is 5.88 Å². The summed E-state index contributed by atoms with van der Waals surface area (Å²) in [5, 5.41) is 4.37. The molecule has 0 saturated carbocycles. The first-order valence-corrected chi connectivity index (χ1v) is 6.56. The van der Waals surface area contributed by atoms with Crippen molar-refractivity contribution in [2.45, 2.75) is 58.5 Å². The van der Waals surface area contributed by atoms with Gasteiger partial charge in [-0.25, -0.2) is 4.68 Å². The second-order valence-corrected chi connectivity index (χ2v) is 5.17. The molecule has 18 heavy (non-hydrogen) atoms. The first kappa shape index (κ1) is 13.4. The summed E-state index contributed by atoms with van der Waals surface area (Å²) in [4.78, 5) is 0. The van der Waals surface area contributed by atoms with Crippen LogP contribution in [0, 0.1) is 6.92 Å². The highest BCUT2D eigenvalue weighted by Gasteiger charge is 2.27. The van der Waals surface area contributed by atoms with Gasteiger partial charge in [0.15, 0.2) is 0 Å². The molecule has 0 aromatic carbocycles. The zero-order chi connectivity index (χ0) is 13.3. The Morgan fingerprint density at radius 1 is 1.39 bits per heavy atom. The van der Waals surface area contributed by atoms with Crippen LogP contribution in [0.1, 0.15) is 37.9 Å². The minimum absolute atomic E-state index is 0.184. The van der Waals surface area contributed by atoms with Gasteiger partial charge < -0.3 is 15.2 Å². The average molecular weight is 253 g/mol. The minimum Gasteiger partial charge on any atom is -0.474 e. The fraction of sp³-hybridized carbons (Fsp3) is 0.769. The van der Waals surface area contributed by atoms with Gasteiger partial charge in [0.25, 0.3) is 0 Å². The molecule has 2 heterocycles. The van der Waals surface area contributed by atoms with Crippen LogP contribution in [0.3, 0.4) is 0 Å². The average Bonchev–Trinajstić information content (AvgIpc) is 2.52. The molecule has 5 nitrogen and oxygen atoms in total. The van der Waals surface area contributed by atoms with Gasteiger partial charge in [-0.3, -0.25) is 0 Å². The van der Waals surface area contributed by atoms with Crippen LogP contribution < -0.4 is 10.5 Å². The minimum atomic E-state index is 0.184. The number of nitrogens with zero attached hydrogens (tertiary/aromatic N) is 2. The highest BCUT2D eigenvalue weighted by atomic mass is 16.5. The van der Waals surface area contributed by atoms with Crippen molar-refractivity contribution in [2.24, 2.45) is 12.8 Å². The lowest BCUT2D eigenvalue weighted by Crippen LogP contribution is -2.36. The summed E-state index contributed by atoms with van der Waals surface area (Å²) < 4.78 is 13.6. The third-order valence-corrected chi connectivity index (χ3v) is 3.43. The molecule has 2 unspecified atom stereocenters. The van der Waals surface area contributed by atoms with E-state index in [4.69, 9.17) is 15.2 Å². The molecule has 1 aromatic rings. The monoisotopic (exact) mass is 253 g/mol. The summed E-state index contributed by atoms with van der Waals surface area (Å²) in [5.74, 6) is 0.807. The quantitative estimate of drug-likeness (QED) is 0.887. The summed E-state index contributed by atoms with van der Waals surface area (Å²) in [7, 11) is 1.90. The Labute approximate surface area is 108 Å². The molecule has 102 valence electrons. The Balaban J connectivity index is 2.13. The Hall–Kier alpha value is -1.07. The third kappa shape index (κ3) is 2.67. The Morgan fingerprint density at radius 2 is 2.00 bits per heavy atom. The summed E-state index contributed by atoms with van der Waals surface area (Å²) in [6.45, 7) is 6.60. The van der Waals surface area contributed by atoms with E-state index in [9.17, 15) is 0 Å². The van der Waals surface area contributed by atoms with Gasteiger partial charge in [0, 0.05) is 26.4 Å². The molecule has 2 rings (SSSR count). The van der Waals surface area contributed by atoms with Gasteiger partial charge in [-0.05, 0) is 20.8 Å². The maximum absolute atomic E-state index is 6.11. The van der Waals surface area contributed by atoms with Gasteiger partial charge >= 0.3 is 0 Å². The van der Waals surface area contributed by atoms with E-state index >= 15 is 0 Å². The van der Waals surface area contributed by atoms with Gasteiger partial charge in [-0.15, -0.1) is 0 Å². The smallest absolute Gasteiger partial charge is 0.216 e. The normalized spacial score (nSPS) is 28.4. The van der Waals surface area contributed by atoms with Crippen molar-refractivity contribution in [1.29, 1.82) is 0 Å². The van der Waals surface area contributed by atoms with Gasteiger partial charge in [0.2, 0.25) is 5.88 Å². The Bertz CT molecular complexity index is 407. The van der Waals surface area contributed by atoms with E-state index in [0.717, 1.165) is 30.0 Å². The SMILES string of the molecule is Cc1nn(C)c(OC2CC(C)OC(C)C2)c1CN. The van der Waals surface area contributed by atoms with Crippen molar-refractivity contribution in [2.75, 3.05) is 0 Å². The van der Waals surface area contributed by atoms with Gasteiger partial charge in [-0.1, -0.05) is 0 Å². The second kappa shape index (κ2) is 5.28. The molecule has 1 saturated heterocycles. The predicted molar refractivity (Wildman–Crippen MR) is 69.5 cm³/mol. The standard InChI is InChI=1S/C13H23N3O2/c1-8-5-11(6-9(2)17-8)18-13-12(7-14)10(3)15-16(13)4/h8-9,11H,5-7,14H2,1-4H3. The van der Waals surface area contributed by atoms with Crippen LogP contribution in [-0.2, 0) is 18.3 Å². The maximum atomic E-state index is 6.11. The highest BCUT2D eigenvalue weighted by molar-refractivity contribution is 5.30. The number of rotatable bonds is 3. The molecule has 0 amide bonds. The van der Waals surface area contributed by atoms with E-state index in [-0.39, 0.29) is 18.3 Å². The first-order chi connectivity index (χ1) is 8.51. The van der Waals surface area contributed by atoms with E-state index in [1.165, 1.54) is 0 Å². The molecule has 1 fully saturated rings. The fourth-order valence-electron chi connectivity index (χ4n) is 2.66. The molecular formula is C13H23N3O2. The van der Waals surface area contributed by atoms with E-state index in [0.29, 0.717) is 6.54 Å². The number of nitrogens with two attached hydrogens (primary N) is 1. The summed E-state index contributed by atoms with van der Waals surface area (Å²) >= 11 is 0. The summed E-state index contributed by atoms with van der Waals surface area (Å²) in [6, 6.07) is 0. The van der Waals surface area contributed by atoms with Crippen LogP contribution in [-0.4, -0.2) is 28.1 Å². The molecule has 2 atom stereocenters. The zero-order valence-corrected chi connectivity index (χ0v) is 11.6. The van der Waals surface area contributed by atoms with E-state index < -0.39 is 0 Å². The highest BCUT2D eigenvalue weighted by Crippen LogP contribution is 2.27. The largest absolute Gasteiger partial charge is 0.474 e. The molecule has 5 heteroatoms. The van der Waals surface area contributed by atoms with Crippen LogP contribution in [0.15, 0.2) is 0 Å². The maximum Gasteiger partial charge on any atom is 0.216 e. The van der Waals surface area contributed by atoms with Crippen LogP contribution in [0.25, 0.3) is 0 Å². The number of ether oxygens (including phenoxy) is 2. The van der Waals surface area contributed by atoms with E-state index in [1.807, 2.05) is 14.0 Å². The fourth-order valence-corrected chi connectivity index (χ4v) is 2.66. The van der Waals surface area contributed by atoms with Crippen molar-refractivity contribution in [1.82, 2.24) is 9.78 Å². The number of hydrogen-bond acceptors (Lipinski definition) is 4. The van der Waals surface area contributed by atoms with E-state index in [1.54, 1.807) is 4.68 Å². The molecule has 2 N–H and O–H groups in total. The second-order valence-electron chi connectivity index (χ2n) is 5.17. The summed E-state index contributed by atoms with van der Waals surface area (Å²) in [6.07, 6.45) is 2.50. The van der Waals surface area contributed by atoms with Gasteiger partial charge in [0.1, 0.15) is 6.10 Å². The number of aromatic nitrogens is 2. The molecular weight excluding hydrogens is 230 g/mol. The van der Waals surface area contributed by atoms with Crippen molar-refractivity contribution in [3.63, 3.8) is 0 Å². The summed E-state index contributed by atoms with van der Waals surface area (Å²) in [5.41, 5.74) is 7.72. The van der Waals surface area contributed by atoms with Crippen LogP contribution in [0.4, 0.5) is 0 Å². The molecule has 0 radical (unpaired) electrons. The van der Waals surface area contributed by atoms with Crippen LogP contribution in [0.2, 0.25) is 0 Å². The lowest BCUT2D eigenvalue weighted by molar-refractivity contribution is -0.0738. The van der Waals surface area contributed by atoms with Crippen molar-refractivity contribution < 1.29 is 9.47 Å². The lowest BCUT2D eigenvalue weighted by Gasteiger charge is -2.32. The Kier molecular flexibility index (Phi) is 3.92. The van der Waals surface area contributed by atoms with E-state index in [2.05, 4.69) is 18.9 Å². The Morgan fingerprint density at radius 3 is 2.56 bits per heavy atom. The van der Waals surface area contributed by atoms with Gasteiger partial charge in [0.05, 0.1) is 23.5 Å². The number of hydrogen-bond donors (Lipinski definition) is 1. The van der Waals surface area contributed by atoms with Crippen LogP contribution in [0.5, 0.6) is 5.88 Å². The molecule has 0 aliphatic carbocycles. The van der Waals surface area contributed by atoms with Gasteiger partial charge in [-0.2, -0.15) is 5.10 Å². The molecule has 1 aromatic heterocycles. The molecule has 1 aliphatic heterocycles. The number of aryl methyl sites for hydroxylation is 2. The van der Waals surface area contributed by atoms with Crippen molar-refractivity contribution >= 4 is 0 Å². The lowest BCUT2D eigenvalue weighted by atomic mass is 10.0. The first-order valence-electron chi connectivity index (χ1n) is 6.56. The molecule has 0 bridgehead atoms.